The molecule has 31 heavy (non-hydrogen) atoms. The van der Waals surface area contributed by atoms with Gasteiger partial charge in [-0.05, 0) is 56.2 Å². The molecule has 2 aromatic rings. The SMILES string of the molecule is CCOc1ccc(S(=O)(=O)N2CCC[C@H](C(=O)Nc3ccccc3C(=O)OC)C2)cc1. The number of rotatable bonds is 7. The zero-order valence-corrected chi connectivity index (χ0v) is 18.4. The Hall–Kier alpha value is -2.91. The molecule has 1 N–H and O–H groups in total. The van der Waals surface area contributed by atoms with E-state index in [2.05, 4.69) is 5.32 Å². The summed E-state index contributed by atoms with van der Waals surface area (Å²) in [5, 5.41) is 2.75. The minimum absolute atomic E-state index is 0.0712. The Morgan fingerprint density at radius 2 is 1.84 bits per heavy atom. The summed E-state index contributed by atoms with van der Waals surface area (Å²) in [5.41, 5.74) is 0.582. The minimum Gasteiger partial charge on any atom is -0.494 e. The van der Waals surface area contributed by atoms with Crippen molar-refractivity contribution in [2.24, 2.45) is 5.92 Å². The first-order valence-corrected chi connectivity index (χ1v) is 11.5. The number of methoxy groups -OCH3 is 1. The maximum absolute atomic E-state index is 13.1. The second-order valence-electron chi connectivity index (χ2n) is 7.13. The fraction of sp³-hybridized carbons (Fsp3) is 0.364. The number of benzene rings is 2. The van der Waals surface area contributed by atoms with E-state index in [-0.39, 0.29) is 22.9 Å². The van der Waals surface area contributed by atoms with Gasteiger partial charge >= 0.3 is 5.97 Å². The maximum Gasteiger partial charge on any atom is 0.339 e. The molecule has 166 valence electrons. The molecule has 2 aromatic carbocycles. The largest absolute Gasteiger partial charge is 0.494 e. The number of hydrogen-bond donors (Lipinski definition) is 1. The Labute approximate surface area is 182 Å². The van der Waals surface area contributed by atoms with Crippen molar-refractivity contribution < 1.29 is 27.5 Å². The molecule has 1 amide bonds. The average molecular weight is 447 g/mol. The van der Waals surface area contributed by atoms with Gasteiger partial charge in [0.15, 0.2) is 0 Å². The van der Waals surface area contributed by atoms with Crippen molar-refractivity contribution >= 4 is 27.6 Å². The summed E-state index contributed by atoms with van der Waals surface area (Å²) in [5.74, 6) is -0.819. The van der Waals surface area contributed by atoms with E-state index in [0.717, 1.165) is 0 Å². The lowest BCUT2D eigenvalue weighted by atomic mass is 9.98. The van der Waals surface area contributed by atoms with Crippen molar-refractivity contribution in [2.75, 3.05) is 32.1 Å². The van der Waals surface area contributed by atoms with E-state index in [4.69, 9.17) is 9.47 Å². The van der Waals surface area contributed by atoms with Gasteiger partial charge < -0.3 is 14.8 Å². The van der Waals surface area contributed by atoms with Crippen LogP contribution in [0.1, 0.15) is 30.1 Å². The maximum atomic E-state index is 13.1. The van der Waals surface area contributed by atoms with Crippen LogP contribution in [0, 0.1) is 5.92 Å². The quantitative estimate of drug-likeness (QED) is 0.656. The first-order valence-electron chi connectivity index (χ1n) is 10.1. The van der Waals surface area contributed by atoms with E-state index in [0.29, 0.717) is 37.4 Å². The molecule has 0 saturated carbocycles. The normalized spacial score (nSPS) is 17.0. The Morgan fingerprint density at radius 1 is 1.13 bits per heavy atom. The number of carbonyl (C=O) groups excluding carboxylic acids is 2. The highest BCUT2D eigenvalue weighted by molar-refractivity contribution is 7.89. The van der Waals surface area contributed by atoms with Crippen molar-refractivity contribution in [1.29, 1.82) is 0 Å². The van der Waals surface area contributed by atoms with E-state index in [9.17, 15) is 18.0 Å². The second kappa shape index (κ2) is 9.93. The van der Waals surface area contributed by atoms with E-state index >= 15 is 0 Å². The molecule has 1 aliphatic heterocycles. The molecule has 8 nitrogen and oxygen atoms in total. The van der Waals surface area contributed by atoms with E-state index in [1.54, 1.807) is 36.4 Å². The van der Waals surface area contributed by atoms with Gasteiger partial charge in [-0.15, -0.1) is 0 Å². The number of carbonyl (C=O) groups is 2. The van der Waals surface area contributed by atoms with Crippen LogP contribution in [0.15, 0.2) is 53.4 Å². The van der Waals surface area contributed by atoms with Gasteiger partial charge in [-0.25, -0.2) is 13.2 Å². The molecule has 0 unspecified atom stereocenters. The Kier molecular flexibility index (Phi) is 7.29. The standard InChI is InChI=1S/C22H26N2O6S/c1-3-30-17-10-12-18(13-11-17)31(27,28)24-14-6-7-16(15-24)21(25)23-20-9-5-4-8-19(20)22(26)29-2/h4-5,8-13,16H,3,6-7,14-15H2,1-2H3,(H,23,25)/t16-/m0/s1. The lowest BCUT2D eigenvalue weighted by Gasteiger charge is -2.31. The van der Waals surface area contributed by atoms with Crippen molar-refractivity contribution in [1.82, 2.24) is 4.31 Å². The number of anilines is 1. The molecule has 0 aliphatic carbocycles. The van der Waals surface area contributed by atoms with Crippen LogP contribution in [0.5, 0.6) is 5.75 Å². The number of nitrogens with one attached hydrogen (secondary N) is 1. The summed E-state index contributed by atoms with van der Waals surface area (Å²) in [4.78, 5) is 24.9. The predicted octanol–water partition coefficient (Wildman–Crippen LogP) is 2.91. The highest BCUT2D eigenvalue weighted by Crippen LogP contribution is 2.26. The third kappa shape index (κ3) is 5.23. The van der Waals surface area contributed by atoms with Crippen LogP contribution < -0.4 is 10.1 Å². The summed E-state index contributed by atoms with van der Waals surface area (Å²) in [6.45, 7) is 2.76. The second-order valence-corrected chi connectivity index (χ2v) is 9.07. The van der Waals surface area contributed by atoms with Gasteiger partial charge in [0, 0.05) is 13.1 Å². The lowest BCUT2D eigenvalue weighted by molar-refractivity contribution is -0.120. The van der Waals surface area contributed by atoms with Crippen LogP contribution in [-0.2, 0) is 19.6 Å². The Balaban J connectivity index is 1.73. The molecular formula is C22H26N2O6S. The monoisotopic (exact) mass is 446 g/mol. The van der Waals surface area contributed by atoms with Gasteiger partial charge in [-0.1, -0.05) is 12.1 Å². The molecule has 1 fully saturated rings. The Morgan fingerprint density at radius 3 is 2.52 bits per heavy atom. The first kappa shape index (κ1) is 22.8. The van der Waals surface area contributed by atoms with Crippen molar-refractivity contribution in [2.45, 2.75) is 24.7 Å². The predicted molar refractivity (Wildman–Crippen MR) is 116 cm³/mol. The zero-order valence-electron chi connectivity index (χ0n) is 17.5. The number of sulfonamides is 1. The number of esters is 1. The molecule has 1 atom stereocenters. The van der Waals surface area contributed by atoms with Crippen molar-refractivity contribution in [3.8, 4) is 5.75 Å². The lowest BCUT2D eigenvalue weighted by Crippen LogP contribution is -2.43. The van der Waals surface area contributed by atoms with Gasteiger partial charge in [0.1, 0.15) is 5.75 Å². The molecule has 3 rings (SSSR count). The summed E-state index contributed by atoms with van der Waals surface area (Å²) in [6.07, 6.45) is 1.12. The highest BCUT2D eigenvalue weighted by Gasteiger charge is 2.33. The number of para-hydroxylation sites is 1. The van der Waals surface area contributed by atoms with E-state index < -0.39 is 21.9 Å². The summed E-state index contributed by atoms with van der Waals surface area (Å²) in [6, 6.07) is 12.8. The topological polar surface area (TPSA) is 102 Å². The molecule has 9 heteroatoms. The van der Waals surface area contributed by atoms with Crippen molar-refractivity contribution in [3.63, 3.8) is 0 Å². The van der Waals surface area contributed by atoms with Crippen LogP contribution in [0.4, 0.5) is 5.69 Å². The highest BCUT2D eigenvalue weighted by atomic mass is 32.2. The van der Waals surface area contributed by atoms with E-state index in [1.165, 1.54) is 23.5 Å². The molecule has 0 radical (unpaired) electrons. The first-order chi connectivity index (χ1) is 14.9. The van der Waals surface area contributed by atoms with Crippen LogP contribution in [0.3, 0.4) is 0 Å². The average Bonchev–Trinajstić information content (AvgIpc) is 2.79. The van der Waals surface area contributed by atoms with Crippen LogP contribution >= 0.6 is 0 Å². The fourth-order valence-corrected chi connectivity index (χ4v) is 5.04. The van der Waals surface area contributed by atoms with Gasteiger partial charge in [0.2, 0.25) is 15.9 Å². The number of amides is 1. The van der Waals surface area contributed by atoms with Crippen LogP contribution in [0.25, 0.3) is 0 Å². The van der Waals surface area contributed by atoms with Gasteiger partial charge in [0.05, 0.1) is 35.8 Å². The third-order valence-corrected chi connectivity index (χ3v) is 7.00. The van der Waals surface area contributed by atoms with Gasteiger partial charge in [-0.2, -0.15) is 4.31 Å². The molecule has 1 saturated heterocycles. The molecule has 0 bridgehead atoms. The van der Waals surface area contributed by atoms with Gasteiger partial charge in [0.25, 0.3) is 0 Å². The van der Waals surface area contributed by atoms with Crippen LogP contribution in [0.2, 0.25) is 0 Å². The number of nitrogens with zero attached hydrogens (tertiary/aromatic N) is 1. The third-order valence-electron chi connectivity index (χ3n) is 5.12. The number of piperidine rings is 1. The summed E-state index contributed by atoms with van der Waals surface area (Å²) in [7, 11) is -2.47. The van der Waals surface area contributed by atoms with Crippen LogP contribution in [-0.4, -0.2) is 51.4 Å². The number of ether oxygens (including phenoxy) is 2. The molecule has 0 spiro atoms. The number of hydrogen-bond acceptors (Lipinski definition) is 6. The smallest absolute Gasteiger partial charge is 0.339 e. The minimum atomic E-state index is -3.73. The molecule has 1 heterocycles. The van der Waals surface area contributed by atoms with Gasteiger partial charge in [-0.3, -0.25) is 4.79 Å². The molecule has 1 aliphatic rings. The molecule has 0 aromatic heterocycles. The Bertz CT molecular complexity index is 1040. The van der Waals surface area contributed by atoms with E-state index in [1.807, 2.05) is 6.92 Å². The summed E-state index contributed by atoms with van der Waals surface area (Å²) < 4.78 is 37.6. The fourth-order valence-electron chi connectivity index (χ4n) is 3.51. The van der Waals surface area contributed by atoms with Crippen molar-refractivity contribution in [3.05, 3.63) is 54.1 Å². The molecular weight excluding hydrogens is 420 g/mol. The summed E-state index contributed by atoms with van der Waals surface area (Å²) >= 11 is 0. The zero-order chi connectivity index (χ0) is 22.4.